The van der Waals surface area contributed by atoms with Crippen LogP contribution in [0.25, 0.3) is 5.65 Å². The van der Waals surface area contributed by atoms with Gasteiger partial charge in [0, 0.05) is 23.6 Å². The molecule has 0 saturated heterocycles. The fourth-order valence-corrected chi connectivity index (χ4v) is 1.94. The summed E-state index contributed by atoms with van der Waals surface area (Å²) in [7, 11) is 0. The lowest BCUT2D eigenvalue weighted by atomic mass is 10.2. The molecule has 6 nitrogen and oxygen atoms in total. The average Bonchev–Trinajstić information content (AvgIpc) is 2.96. The number of pyridine rings is 1. The summed E-state index contributed by atoms with van der Waals surface area (Å²) >= 11 is 0. The number of hydrogen-bond donors (Lipinski definition) is 0. The van der Waals surface area contributed by atoms with E-state index in [0.717, 1.165) is 5.56 Å². The molecule has 0 bridgehead atoms. The number of carbonyl (C=O) groups excluding carboxylic acids is 1. The Balaban J connectivity index is 1.80. The smallest absolute Gasteiger partial charge is 0.336 e. The Bertz CT molecular complexity index is 796. The van der Waals surface area contributed by atoms with Crippen LogP contribution in [0, 0.1) is 4.91 Å². The first kappa shape index (κ1) is 13.0. The van der Waals surface area contributed by atoms with E-state index in [4.69, 9.17) is 4.74 Å². The van der Waals surface area contributed by atoms with Crippen molar-refractivity contribution in [2.45, 2.75) is 6.61 Å². The SMILES string of the molecule is O=NC(=O)c1cn2ccc(OCc3ccccc3)cc2n1. The number of amides is 1. The minimum Gasteiger partial charge on any atom is -0.489 e. The number of carbonyl (C=O) groups is 1. The second-order valence-corrected chi connectivity index (χ2v) is 4.42. The van der Waals surface area contributed by atoms with Gasteiger partial charge in [-0.2, -0.15) is 0 Å². The molecule has 0 spiro atoms. The maximum Gasteiger partial charge on any atom is 0.336 e. The first-order valence-electron chi connectivity index (χ1n) is 6.29. The molecule has 2 heterocycles. The standard InChI is InChI=1S/C15H11N3O3/c19-15(17-20)13-9-18-7-6-12(8-14(18)16-13)21-10-11-4-2-1-3-5-11/h1-9H,10H2. The Morgan fingerprint density at radius 3 is 2.81 bits per heavy atom. The van der Waals surface area contributed by atoms with E-state index in [1.807, 2.05) is 30.3 Å². The number of benzene rings is 1. The lowest BCUT2D eigenvalue weighted by Crippen LogP contribution is -1.95. The van der Waals surface area contributed by atoms with Gasteiger partial charge in [0.1, 0.15) is 18.0 Å². The van der Waals surface area contributed by atoms with Gasteiger partial charge in [-0.3, -0.25) is 4.79 Å². The molecule has 0 aliphatic heterocycles. The number of ether oxygens (including phenoxy) is 1. The molecule has 0 atom stereocenters. The molecule has 6 heteroatoms. The van der Waals surface area contributed by atoms with E-state index in [2.05, 4.69) is 10.2 Å². The van der Waals surface area contributed by atoms with Crippen molar-refractivity contribution in [3.63, 3.8) is 0 Å². The number of hydrogen-bond acceptors (Lipinski definition) is 4. The van der Waals surface area contributed by atoms with Crippen LogP contribution in [0.2, 0.25) is 0 Å². The van der Waals surface area contributed by atoms with Gasteiger partial charge in [-0.05, 0) is 11.6 Å². The normalized spacial score (nSPS) is 10.5. The Morgan fingerprint density at radius 2 is 2.05 bits per heavy atom. The number of nitrogens with zero attached hydrogens (tertiary/aromatic N) is 3. The summed E-state index contributed by atoms with van der Waals surface area (Å²) in [6, 6.07) is 13.2. The van der Waals surface area contributed by atoms with E-state index < -0.39 is 5.91 Å². The Hall–Kier alpha value is -3.02. The summed E-state index contributed by atoms with van der Waals surface area (Å²) < 4.78 is 7.31. The summed E-state index contributed by atoms with van der Waals surface area (Å²) in [5, 5.41) is 2.36. The van der Waals surface area contributed by atoms with Gasteiger partial charge in [-0.25, -0.2) is 4.98 Å². The minimum atomic E-state index is -0.884. The highest BCUT2D eigenvalue weighted by molar-refractivity contribution is 5.93. The molecule has 104 valence electrons. The van der Waals surface area contributed by atoms with Crippen LogP contribution in [0.4, 0.5) is 0 Å². The first-order valence-corrected chi connectivity index (χ1v) is 6.29. The van der Waals surface area contributed by atoms with Gasteiger partial charge in [-0.15, -0.1) is 4.91 Å². The molecule has 0 N–H and O–H groups in total. The van der Waals surface area contributed by atoms with Crippen molar-refractivity contribution in [2.24, 2.45) is 5.18 Å². The van der Waals surface area contributed by atoms with Gasteiger partial charge in [0.05, 0.1) is 0 Å². The third-order valence-electron chi connectivity index (χ3n) is 2.98. The topological polar surface area (TPSA) is 73.0 Å². The third kappa shape index (κ3) is 2.79. The van der Waals surface area contributed by atoms with Gasteiger partial charge in [0.15, 0.2) is 5.69 Å². The van der Waals surface area contributed by atoms with Crippen LogP contribution in [0.5, 0.6) is 5.75 Å². The molecule has 1 amide bonds. The van der Waals surface area contributed by atoms with Crippen molar-refractivity contribution in [2.75, 3.05) is 0 Å². The zero-order valence-corrected chi connectivity index (χ0v) is 11.0. The summed E-state index contributed by atoms with van der Waals surface area (Å²) in [6.07, 6.45) is 3.17. The van der Waals surface area contributed by atoms with Crippen molar-refractivity contribution in [1.29, 1.82) is 0 Å². The number of imidazole rings is 1. The fourth-order valence-electron chi connectivity index (χ4n) is 1.94. The molecule has 21 heavy (non-hydrogen) atoms. The molecule has 0 unspecified atom stereocenters. The predicted octanol–water partition coefficient (Wildman–Crippen LogP) is 2.82. The number of rotatable bonds is 4. The van der Waals surface area contributed by atoms with Crippen LogP contribution < -0.4 is 4.74 Å². The van der Waals surface area contributed by atoms with Crippen molar-refractivity contribution < 1.29 is 9.53 Å². The van der Waals surface area contributed by atoms with Gasteiger partial charge in [0.2, 0.25) is 0 Å². The molecule has 0 saturated carbocycles. The van der Waals surface area contributed by atoms with E-state index >= 15 is 0 Å². The monoisotopic (exact) mass is 281 g/mol. The van der Waals surface area contributed by atoms with Crippen molar-refractivity contribution in [3.8, 4) is 5.75 Å². The Morgan fingerprint density at radius 1 is 1.24 bits per heavy atom. The lowest BCUT2D eigenvalue weighted by molar-refractivity contribution is 0.0996. The van der Waals surface area contributed by atoms with Crippen LogP contribution >= 0.6 is 0 Å². The van der Waals surface area contributed by atoms with Crippen LogP contribution in [-0.4, -0.2) is 15.3 Å². The van der Waals surface area contributed by atoms with Crippen molar-refractivity contribution >= 4 is 11.6 Å². The van der Waals surface area contributed by atoms with E-state index in [9.17, 15) is 9.70 Å². The van der Waals surface area contributed by atoms with E-state index in [0.29, 0.717) is 18.0 Å². The molecule has 0 radical (unpaired) electrons. The summed E-state index contributed by atoms with van der Waals surface area (Å²) in [6.45, 7) is 0.444. The van der Waals surface area contributed by atoms with Crippen LogP contribution in [0.1, 0.15) is 16.1 Å². The summed E-state index contributed by atoms with van der Waals surface area (Å²) in [5.41, 5.74) is 1.60. The minimum absolute atomic E-state index is 0.0187. The van der Waals surface area contributed by atoms with E-state index in [1.54, 1.807) is 22.7 Å². The molecular formula is C15H11N3O3. The second-order valence-electron chi connectivity index (χ2n) is 4.42. The second kappa shape index (κ2) is 5.54. The lowest BCUT2D eigenvalue weighted by Gasteiger charge is -2.06. The van der Waals surface area contributed by atoms with Gasteiger partial charge < -0.3 is 9.14 Å². The zero-order chi connectivity index (χ0) is 14.7. The quantitative estimate of drug-likeness (QED) is 0.689. The average molecular weight is 281 g/mol. The fraction of sp³-hybridized carbons (Fsp3) is 0.0667. The summed E-state index contributed by atoms with van der Waals surface area (Å²) in [5.74, 6) is -0.250. The van der Waals surface area contributed by atoms with E-state index in [1.165, 1.54) is 6.20 Å². The Labute approximate surface area is 120 Å². The highest BCUT2D eigenvalue weighted by Crippen LogP contribution is 2.16. The van der Waals surface area contributed by atoms with Crippen molar-refractivity contribution in [3.05, 3.63) is 71.0 Å². The maximum absolute atomic E-state index is 11.2. The van der Waals surface area contributed by atoms with Crippen LogP contribution in [-0.2, 0) is 6.61 Å². The predicted molar refractivity (Wildman–Crippen MR) is 76.1 cm³/mol. The Kier molecular flexibility index (Phi) is 3.42. The number of fused-ring (bicyclic) bond motifs is 1. The first-order chi connectivity index (χ1) is 10.3. The highest BCUT2D eigenvalue weighted by atomic mass is 16.5. The maximum atomic E-state index is 11.2. The molecule has 1 aromatic carbocycles. The molecule has 3 aromatic rings. The van der Waals surface area contributed by atoms with Gasteiger partial charge in [0.25, 0.3) is 0 Å². The molecule has 0 fully saturated rings. The van der Waals surface area contributed by atoms with Gasteiger partial charge in [-0.1, -0.05) is 30.3 Å². The molecular weight excluding hydrogens is 270 g/mol. The highest BCUT2D eigenvalue weighted by Gasteiger charge is 2.11. The molecule has 0 aliphatic carbocycles. The zero-order valence-electron chi connectivity index (χ0n) is 11.0. The molecule has 2 aromatic heterocycles. The molecule has 0 aliphatic rings. The summed E-state index contributed by atoms with van der Waals surface area (Å²) in [4.78, 5) is 25.5. The number of aromatic nitrogens is 2. The number of nitroso groups, excluding NO2 is 1. The molecule has 3 rings (SSSR count). The third-order valence-corrected chi connectivity index (χ3v) is 2.98. The van der Waals surface area contributed by atoms with Crippen LogP contribution in [0.15, 0.2) is 60.0 Å². The van der Waals surface area contributed by atoms with Gasteiger partial charge >= 0.3 is 5.91 Å². The van der Waals surface area contributed by atoms with Crippen LogP contribution in [0.3, 0.4) is 0 Å². The van der Waals surface area contributed by atoms with Crippen molar-refractivity contribution in [1.82, 2.24) is 9.38 Å². The van der Waals surface area contributed by atoms with E-state index in [-0.39, 0.29) is 5.69 Å². The largest absolute Gasteiger partial charge is 0.489 e.